The summed E-state index contributed by atoms with van der Waals surface area (Å²) < 4.78 is 0. The maximum atomic E-state index is 4.12. The zero-order valence-electron chi connectivity index (χ0n) is 5.27. The van der Waals surface area contributed by atoms with Crippen molar-refractivity contribution in [3.8, 4) is 0 Å². The Morgan fingerprint density at radius 2 is 2.00 bits per heavy atom. The van der Waals surface area contributed by atoms with Crippen LogP contribution in [0.2, 0.25) is 0 Å². The molecular formula is C7H14N+. The van der Waals surface area contributed by atoms with Crippen molar-refractivity contribution >= 4 is 0 Å². The molecule has 2 bridgehead atoms. The fourth-order valence-electron chi connectivity index (χ4n) is 2.38. The number of quaternary nitrogens is 1. The van der Waals surface area contributed by atoms with Crippen LogP contribution in [0.5, 0.6) is 0 Å². The van der Waals surface area contributed by atoms with Crippen LogP contribution < -0.4 is 5.73 Å². The van der Waals surface area contributed by atoms with Crippen LogP contribution in [0.25, 0.3) is 0 Å². The van der Waals surface area contributed by atoms with Gasteiger partial charge in [-0.15, -0.1) is 0 Å². The van der Waals surface area contributed by atoms with Crippen LogP contribution in [0.4, 0.5) is 0 Å². The molecular weight excluding hydrogens is 98.1 g/mol. The molecule has 0 amide bonds. The lowest BCUT2D eigenvalue weighted by atomic mass is 9.96. The van der Waals surface area contributed by atoms with E-state index in [1.807, 2.05) is 0 Å². The van der Waals surface area contributed by atoms with Crippen molar-refractivity contribution in [1.29, 1.82) is 0 Å². The highest BCUT2D eigenvalue weighted by Gasteiger charge is 2.39. The van der Waals surface area contributed by atoms with Crippen LogP contribution in [-0.4, -0.2) is 6.04 Å². The van der Waals surface area contributed by atoms with E-state index in [2.05, 4.69) is 5.73 Å². The van der Waals surface area contributed by atoms with Gasteiger partial charge in [-0.1, -0.05) is 0 Å². The Morgan fingerprint density at radius 1 is 1.12 bits per heavy atom. The topological polar surface area (TPSA) is 27.6 Å². The minimum atomic E-state index is 0.828. The second-order valence-corrected chi connectivity index (χ2v) is 3.43. The van der Waals surface area contributed by atoms with Gasteiger partial charge in [-0.05, 0) is 25.2 Å². The van der Waals surface area contributed by atoms with Gasteiger partial charge in [-0.25, -0.2) is 0 Å². The Labute approximate surface area is 50.3 Å². The van der Waals surface area contributed by atoms with E-state index in [0.717, 1.165) is 17.9 Å². The fourth-order valence-corrected chi connectivity index (χ4v) is 2.38. The average Bonchev–Trinajstić information content (AvgIpc) is 2.23. The summed E-state index contributed by atoms with van der Waals surface area (Å²) >= 11 is 0. The van der Waals surface area contributed by atoms with Gasteiger partial charge >= 0.3 is 0 Å². The molecule has 1 nitrogen and oxygen atoms in total. The maximum absolute atomic E-state index is 4.12. The number of hydrogen-bond donors (Lipinski definition) is 1. The monoisotopic (exact) mass is 112 g/mol. The molecule has 0 spiro atoms. The van der Waals surface area contributed by atoms with Crippen LogP contribution in [0.3, 0.4) is 0 Å². The molecule has 3 atom stereocenters. The molecule has 2 aliphatic rings. The average molecular weight is 112 g/mol. The van der Waals surface area contributed by atoms with Crippen LogP contribution in [0.15, 0.2) is 0 Å². The van der Waals surface area contributed by atoms with Crippen molar-refractivity contribution in [2.45, 2.75) is 31.7 Å². The van der Waals surface area contributed by atoms with E-state index in [4.69, 9.17) is 0 Å². The van der Waals surface area contributed by atoms with E-state index in [-0.39, 0.29) is 0 Å². The van der Waals surface area contributed by atoms with Crippen molar-refractivity contribution in [2.24, 2.45) is 11.8 Å². The first-order valence-electron chi connectivity index (χ1n) is 3.69. The van der Waals surface area contributed by atoms with Crippen LogP contribution in [0, 0.1) is 11.8 Å². The van der Waals surface area contributed by atoms with Crippen LogP contribution in [0.1, 0.15) is 25.7 Å². The summed E-state index contributed by atoms with van der Waals surface area (Å²) in [7, 11) is 0. The third kappa shape index (κ3) is 0.510. The minimum Gasteiger partial charge on any atom is -0.355 e. The number of rotatable bonds is 0. The molecule has 0 aromatic heterocycles. The molecule has 2 aliphatic carbocycles. The van der Waals surface area contributed by atoms with Gasteiger partial charge in [0.05, 0.1) is 6.04 Å². The molecule has 2 saturated carbocycles. The summed E-state index contributed by atoms with van der Waals surface area (Å²) in [5.74, 6) is 2.11. The number of fused-ring (bicyclic) bond motifs is 2. The zero-order valence-corrected chi connectivity index (χ0v) is 5.27. The summed E-state index contributed by atoms with van der Waals surface area (Å²) in [4.78, 5) is 0. The molecule has 8 heavy (non-hydrogen) atoms. The zero-order chi connectivity index (χ0) is 5.56. The summed E-state index contributed by atoms with van der Waals surface area (Å²) in [6.07, 6.45) is 5.94. The molecule has 46 valence electrons. The molecule has 0 aliphatic heterocycles. The summed E-state index contributed by atoms with van der Waals surface area (Å²) in [6.45, 7) is 0. The van der Waals surface area contributed by atoms with Crippen molar-refractivity contribution < 1.29 is 5.73 Å². The first-order valence-corrected chi connectivity index (χ1v) is 3.69. The highest BCUT2D eigenvalue weighted by Crippen LogP contribution is 2.42. The van der Waals surface area contributed by atoms with Gasteiger partial charge in [-0.2, -0.15) is 0 Å². The summed E-state index contributed by atoms with van der Waals surface area (Å²) in [6, 6.07) is 0.828. The predicted octanol–water partition coefficient (Wildman–Crippen LogP) is 0.417. The first kappa shape index (κ1) is 4.80. The fraction of sp³-hybridized carbons (Fsp3) is 1.00. The van der Waals surface area contributed by atoms with Crippen molar-refractivity contribution in [2.75, 3.05) is 0 Å². The van der Waals surface area contributed by atoms with E-state index >= 15 is 0 Å². The molecule has 2 fully saturated rings. The maximum Gasteiger partial charge on any atom is 0.0874 e. The highest BCUT2D eigenvalue weighted by atomic mass is 14.7. The van der Waals surface area contributed by atoms with Gasteiger partial charge in [0, 0.05) is 12.3 Å². The molecule has 0 radical (unpaired) electrons. The lowest BCUT2D eigenvalue weighted by Crippen LogP contribution is -2.63. The van der Waals surface area contributed by atoms with E-state index in [1.54, 1.807) is 0 Å². The van der Waals surface area contributed by atoms with Gasteiger partial charge in [0.2, 0.25) is 0 Å². The largest absolute Gasteiger partial charge is 0.355 e. The van der Waals surface area contributed by atoms with Crippen LogP contribution in [-0.2, 0) is 0 Å². The van der Waals surface area contributed by atoms with E-state index < -0.39 is 0 Å². The van der Waals surface area contributed by atoms with E-state index in [9.17, 15) is 0 Å². The van der Waals surface area contributed by atoms with E-state index in [0.29, 0.717) is 0 Å². The van der Waals surface area contributed by atoms with Gasteiger partial charge in [0.1, 0.15) is 0 Å². The van der Waals surface area contributed by atoms with E-state index in [1.165, 1.54) is 25.7 Å². The molecule has 0 aromatic carbocycles. The molecule has 2 rings (SSSR count). The molecule has 0 heterocycles. The second-order valence-electron chi connectivity index (χ2n) is 3.43. The van der Waals surface area contributed by atoms with Crippen molar-refractivity contribution in [3.63, 3.8) is 0 Å². The normalized spacial score (nSPS) is 52.9. The molecule has 0 aromatic rings. The summed E-state index contributed by atoms with van der Waals surface area (Å²) in [5.41, 5.74) is 4.12. The second kappa shape index (κ2) is 1.47. The predicted molar refractivity (Wildman–Crippen MR) is 32.1 cm³/mol. The standard InChI is InChI=1S/C7H13N/c8-7-4-5-1-2-6(7)3-5/h5-7H,1-4,8H2/p+1/t5-,6+,7-/m0/s1. The smallest absolute Gasteiger partial charge is 0.0874 e. The van der Waals surface area contributed by atoms with Gasteiger partial charge in [0.25, 0.3) is 0 Å². The Hall–Kier alpha value is -0.0400. The molecule has 3 N–H and O–H groups in total. The lowest BCUT2D eigenvalue weighted by molar-refractivity contribution is -0.431. The van der Waals surface area contributed by atoms with Crippen molar-refractivity contribution in [1.82, 2.24) is 0 Å². The number of hydrogen-bond acceptors (Lipinski definition) is 0. The highest BCUT2D eigenvalue weighted by molar-refractivity contribution is 4.88. The first-order chi connectivity index (χ1) is 3.86. The van der Waals surface area contributed by atoms with Gasteiger partial charge in [0.15, 0.2) is 0 Å². The molecule has 1 heteroatoms. The van der Waals surface area contributed by atoms with Gasteiger partial charge in [-0.3, -0.25) is 0 Å². The SMILES string of the molecule is [NH3+][C@H]1C[C@H]2CC[C@@H]1C2. The third-order valence-electron chi connectivity index (χ3n) is 2.88. The Morgan fingerprint density at radius 3 is 2.25 bits per heavy atom. The lowest BCUT2D eigenvalue weighted by Gasteiger charge is -2.12. The molecule has 0 saturated heterocycles. The Balaban J connectivity index is 2.11. The quantitative estimate of drug-likeness (QED) is 0.470. The Kier molecular flexibility index (Phi) is 0.884. The molecule has 0 unspecified atom stereocenters. The van der Waals surface area contributed by atoms with Crippen LogP contribution >= 0.6 is 0 Å². The third-order valence-corrected chi connectivity index (χ3v) is 2.88. The van der Waals surface area contributed by atoms with Gasteiger partial charge < -0.3 is 5.73 Å². The minimum absolute atomic E-state index is 0.828. The Bertz CT molecular complexity index is 98.6. The van der Waals surface area contributed by atoms with Crippen molar-refractivity contribution in [3.05, 3.63) is 0 Å². The summed E-state index contributed by atoms with van der Waals surface area (Å²) in [5, 5.41) is 0.